The van der Waals surface area contributed by atoms with Crippen molar-refractivity contribution < 1.29 is 14.7 Å². The fraction of sp³-hybridized carbons (Fsp3) is 0.846. The van der Waals surface area contributed by atoms with Gasteiger partial charge in [0.05, 0.1) is 0 Å². The second-order valence-corrected chi connectivity index (χ2v) is 6.23. The molecule has 2 amide bonds. The Hall–Kier alpha value is -1.26. The standard InChI is InChI=1S/C13H22N2O3/c1-9-4-3-5-13(8-9,10(16)17)15-11(18)14-12(2)6-7-12/h9H,3-8H2,1-2H3,(H,16,17)(H2,14,15,18). The van der Waals surface area contributed by atoms with Gasteiger partial charge in [0.1, 0.15) is 5.54 Å². The van der Waals surface area contributed by atoms with Crippen molar-refractivity contribution in [3.8, 4) is 0 Å². The molecular weight excluding hydrogens is 232 g/mol. The third-order valence-corrected chi connectivity index (χ3v) is 4.17. The molecule has 0 aromatic rings. The van der Waals surface area contributed by atoms with Gasteiger partial charge in [0, 0.05) is 5.54 Å². The number of carboxylic acids is 1. The Labute approximate surface area is 107 Å². The molecule has 102 valence electrons. The molecule has 0 aliphatic heterocycles. The highest BCUT2D eigenvalue weighted by Gasteiger charge is 2.45. The average Bonchev–Trinajstić information content (AvgIpc) is 2.95. The quantitative estimate of drug-likeness (QED) is 0.719. The number of nitrogens with one attached hydrogen (secondary N) is 2. The normalized spacial score (nSPS) is 33.6. The number of amides is 2. The van der Waals surface area contributed by atoms with E-state index in [2.05, 4.69) is 10.6 Å². The number of urea groups is 1. The van der Waals surface area contributed by atoms with E-state index in [4.69, 9.17) is 0 Å². The van der Waals surface area contributed by atoms with Crippen LogP contribution in [0.25, 0.3) is 0 Å². The predicted octanol–water partition coefficient (Wildman–Crippen LogP) is 1.87. The molecule has 0 radical (unpaired) electrons. The molecule has 0 aromatic carbocycles. The van der Waals surface area contributed by atoms with Gasteiger partial charge in [0.25, 0.3) is 0 Å². The summed E-state index contributed by atoms with van der Waals surface area (Å²) < 4.78 is 0. The molecule has 0 bridgehead atoms. The van der Waals surface area contributed by atoms with E-state index in [9.17, 15) is 14.7 Å². The molecule has 18 heavy (non-hydrogen) atoms. The molecule has 2 rings (SSSR count). The fourth-order valence-electron chi connectivity index (χ4n) is 2.75. The molecule has 2 fully saturated rings. The highest BCUT2D eigenvalue weighted by molar-refractivity contribution is 5.86. The molecule has 5 heteroatoms. The van der Waals surface area contributed by atoms with Crippen LogP contribution in [0.4, 0.5) is 4.79 Å². The van der Waals surface area contributed by atoms with Crippen molar-refractivity contribution in [2.24, 2.45) is 5.92 Å². The molecule has 2 unspecified atom stereocenters. The van der Waals surface area contributed by atoms with Crippen LogP contribution in [0.3, 0.4) is 0 Å². The van der Waals surface area contributed by atoms with Gasteiger partial charge in [-0.05, 0) is 38.5 Å². The van der Waals surface area contributed by atoms with Crippen molar-refractivity contribution >= 4 is 12.0 Å². The molecular formula is C13H22N2O3. The summed E-state index contributed by atoms with van der Waals surface area (Å²) in [7, 11) is 0. The third kappa shape index (κ3) is 2.76. The third-order valence-electron chi connectivity index (χ3n) is 4.17. The highest BCUT2D eigenvalue weighted by Crippen LogP contribution is 2.35. The number of hydrogen-bond donors (Lipinski definition) is 3. The van der Waals surface area contributed by atoms with E-state index in [1.807, 2.05) is 13.8 Å². The van der Waals surface area contributed by atoms with E-state index in [1.165, 1.54) is 0 Å². The van der Waals surface area contributed by atoms with Crippen molar-refractivity contribution in [1.29, 1.82) is 0 Å². The van der Waals surface area contributed by atoms with E-state index in [0.717, 1.165) is 25.7 Å². The van der Waals surface area contributed by atoms with E-state index >= 15 is 0 Å². The molecule has 5 nitrogen and oxygen atoms in total. The summed E-state index contributed by atoms with van der Waals surface area (Å²) >= 11 is 0. The van der Waals surface area contributed by atoms with Crippen LogP contribution >= 0.6 is 0 Å². The van der Waals surface area contributed by atoms with E-state index in [0.29, 0.717) is 18.8 Å². The van der Waals surface area contributed by atoms with Gasteiger partial charge >= 0.3 is 12.0 Å². The van der Waals surface area contributed by atoms with Gasteiger partial charge in [-0.3, -0.25) is 0 Å². The first-order valence-corrected chi connectivity index (χ1v) is 6.69. The van der Waals surface area contributed by atoms with Gasteiger partial charge < -0.3 is 15.7 Å². The van der Waals surface area contributed by atoms with Crippen molar-refractivity contribution in [2.45, 2.75) is 63.5 Å². The highest BCUT2D eigenvalue weighted by atomic mass is 16.4. The second-order valence-electron chi connectivity index (χ2n) is 6.23. The van der Waals surface area contributed by atoms with Crippen LogP contribution < -0.4 is 10.6 Å². The molecule has 0 spiro atoms. The first-order valence-electron chi connectivity index (χ1n) is 6.69. The lowest BCUT2D eigenvalue weighted by Crippen LogP contribution is -2.60. The molecule has 0 heterocycles. The SMILES string of the molecule is CC1CCCC(NC(=O)NC2(C)CC2)(C(=O)O)C1. The molecule has 0 aromatic heterocycles. The maximum Gasteiger partial charge on any atom is 0.329 e. The summed E-state index contributed by atoms with van der Waals surface area (Å²) in [5.74, 6) is -0.572. The summed E-state index contributed by atoms with van der Waals surface area (Å²) in [6.45, 7) is 4.02. The van der Waals surface area contributed by atoms with Gasteiger partial charge in [-0.2, -0.15) is 0 Å². The maximum absolute atomic E-state index is 11.9. The van der Waals surface area contributed by atoms with Crippen molar-refractivity contribution in [3.63, 3.8) is 0 Å². The van der Waals surface area contributed by atoms with E-state index in [1.54, 1.807) is 0 Å². The number of carbonyl (C=O) groups excluding carboxylic acids is 1. The first-order chi connectivity index (χ1) is 8.35. The van der Waals surface area contributed by atoms with Crippen LogP contribution in [-0.2, 0) is 4.79 Å². The Morgan fingerprint density at radius 2 is 1.89 bits per heavy atom. The van der Waals surface area contributed by atoms with Crippen LogP contribution in [0.5, 0.6) is 0 Å². The summed E-state index contributed by atoms with van der Waals surface area (Å²) in [5, 5.41) is 15.0. The van der Waals surface area contributed by atoms with Crippen LogP contribution in [0.1, 0.15) is 52.4 Å². The Balaban J connectivity index is 2.01. The molecule has 2 saturated carbocycles. The Morgan fingerprint density at radius 1 is 1.22 bits per heavy atom. The van der Waals surface area contributed by atoms with Gasteiger partial charge in [-0.1, -0.05) is 19.8 Å². The Bertz CT molecular complexity index is 365. The van der Waals surface area contributed by atoms with Crippen LogP contribution in [0.2, 0.25) is 0 Å². The zero-order chi connectivity index (χ0) is 13.4. The van der Waals surface area contributed by atoms with Gasteiger partial charge in [-0.15, -0.1) is 0 Å². The van der Waals surface area contributed by atoms with Gasteiger partial charge in [0.2, 0.25) is 0 Å². The summed E-state index contributed by atoms with van der Waals surface area (Å²) in [5.41, 5.74) is -1.20. The number of hydrogen-bond acceptors (Lipinski definition) is 2. The van der Waals surface area contributed by atoms with Crippen molar-refractivity contribution in [1.82, 2.24) is 10.6 Å². The van der Waals surface area contributed by atoms with Crippen molar-refractivity contribution in [2.75, 3.05) is 0 Å². The smallest absolute Gasteiger partial charge is 0.329 e. The number of rotatable bonds is 3. The topological polar surface area (TPSA) is 78.4 Å². The number of carboxylic acid groups (broad SMARTS) is 1. The fourth-order valence-corrected chi connectivity index (χ4v) is 2.75. The Morgan fingerprint density at radius 3 is 2.39 bits per heavy atom. The second kappa shape index (κ2) is 4.44. The minimum absolute atomic E-state index is 0.121. The summed E-state index contributed by atoms with van der Waals surface area (Å²) in [6.07, 6.45) is 4.87. The van der Waals surface area contributed by atoms with Crippen molar-refractivity contribution in [3.05, 3.63) is 0 Å². The zero-order valence-corrected chi connectivity index (χ0v) is 11.1. The largest absolute Gasteiger partial charge is 0.480 e. The molecule has 0 saturated heterocycles. The molecule has 2 atom stereocenters. The van der Waals surface area contributed by atoms with Crippen LogP contribution in [0, 0.1) is 5.92 Å². The predicted molar refractivity (Wildman–Crippen MR) is 67.3 cm³/mol. The molecule has 2 aliphatic rings. The summed E-state index contributed by atoms with van der Waals surface area (Å²) in [4.78, 5) is 23.4. The maximum atomic E-state index is 11.9. The minimum Gasteiger partial charge on any atom is -0.480 e. The van der Waals surface area contributed by atoms with Crippen LogP contribution in [0.15, 0.2) is 0 Å². The lowest BCUT2D eigenvalue weighted by Gasteiger charge is -2.37. The first kappa shape index (κ1) is 13.2. The van der Waals surface area contributed by atoms with E-state index in [-0.39, 0.29) is 11.6 Å². The van der Waals surface area contributed by atoms with E-state index < -0.39 is 11.5 Å². The molecule has 2 aliphatic carbocycles. The van der Waals surface area contributed by atoms with Gasteiger partial charge in [-0.25, -0.2) is 9.59 Å². The van der Waals surface area contributed by atoms with Gasteiger partial charge in [0.15, 0.2) is 0 Å². The number of carbonyl (C=O) groups is 2. The Kier molecular flexibility index (Phi) is 3.25. The lowest BCUT2D eigenvalue weighted by molar-refractivity contribution is -0.146. The summed E-state index contributed by atoms with van der Waals surface area (Å²) in [6, 6.07) is -0.341. The monoisotopic (exact) mass is 254 g/mol. The minimum atomic E-state index is -1.08. The lowest BCUT2D eigenvalue weighted by atomic mass is 9.76. The zero-order valence-electron chi connectivity index (χ0n) is 11.1. The average molecular weight is 254 g/mol. The van der Waals surface area contributed by atoms with Crippen LogP contribution in [-0.4, -0.2) is 28.2 Å². The molecule has 3 N–H and O–H groups in total. The number of aliphatic carboxylic acids is 1.